The maximum atomic E-state index is 12.1. The molecule has 0 aliphatic carbocycles. The van der Waals surface area contributed by atoms with Crippen molar-refractivity contribution in [1.82, 2.24) is 10.6 Å². The Bertz CT molecular complexity index is 273. The minimum absolute atomic E-state index is 0.0101. The third kappa shape index (κ3) is 4.18. The third-order valence-electron chi connectivity index (χ3n) is 4.60. The Labute approximate surface area is 113 Å². The molecule has 3 heteroatoms. The average Bonchev–Trinajstić information content (AvgIpc) is 1.95. The Morgan fingerprint density at radius 2 is 0.833 bits per heavy atom. The molecule has 2 N–H and O–H groups in total. The van der Waals surface area contributed by atoms with E-state index in [1.54, 1.807) is 0 Å². The fraction of sp³-hybridized carbons (Fsp3) is 0.933. The van der Waals surface area contributed by atoms with Crippen LogP contribution in [0.5, 0.6) is 0 Å². The second-order valence-corrected chi connectivity index (χ2v) is 8.33. The van der Waals surface area contributed by atoms with Gasteiger partial charge in [-0.2, -0.15) is 0 Å². The van der Waals surface area contributed by atoms with Gasteiger partial charge in [-0.25, -0.2) is 4.79 Å². The van der Waals surface area contributed by atoms with Crippen LogP contribution < -0.4 is 10.6 Å². The summed E-state index contributed by atoms with van der Waals surface area (Å²) in [6, 6.07) is -0.102. The van der Waals surface area contributed by atoms with E-state index >= 15 is 0 Å². The summed E-state index contributed by atoms with van der Waals surface area (Å²) in [6.45, 7) is 21.0. The highest BCUT2D eigenvalue weighted by atomic mass is 16.2. The van der Waals surface area contributed by atoms with E-state index in [9.17, 15) is 4.79 Å². The zero-order valence-electron chi connectivity index (χ0n) is 13.9. The van der Waals surface area contributed by atoms with Gasteiger partial charge in [0.15, 0.2) is 0 Å². The smallest absolute Gasteiger partial charge is 0.315 e. The van der Waals surface area contributed by atoms with E-state index in [4.69, 9.17) is 0 Å². The van der Waals surface area contributed by atoms with Crippen LogP contribution in [0.25, 0.3) is 0 Å². The van der Waals surface area contributed by atoms with Crippen LogP contribution in [0.4, 0.5) is 4.79 Å². The van der Waals surface area contributed by atoms with Crippen molar-refractivity contribution in [3.63, 3.8) is 0 Å². The van der Waals surface area contributed by atoms with Gasteiger partial charge in [0.2, 0.25) is 0 Å². The minimum Gasteiger partial charge on any atom is -0.333 e. The summed E-state index contributed by atoms with van der Waals surface area (Å²) in [5, 5.41) is 6.15. The van der Waals surface area contributed by atoms with Crippen molar-refractivity contribution in [3.8, 4) is 0 Å². The van der Waals surface area contributed by atoms with Crippen molar-refractivity contribution in [1.29, 1.82) is 0 Å². The monoisotopic (exact) mass is 256 g/mol. The molecule has 0 saturated carbocycles. The molecule has 108 valence electrons. The van der Waals surface area contributed by atoms with Gasteiger partial charge in [-0.15, -0.1) is 0 Å². The molecule has 0 heterocycles. The van der Waals surface area contributed by atoms with Crippen molar-refractivity contribution in [2.75, 3.05) is 0 Å². The number of amides is 2. The van der Waals surface area contributed by atoms with E-state index < -0.39 is 0 Å². The van der Waals surface area contributed by atoms with Crippen molar-refractivity contribution in [3.05, 3.63) is 0 Å². The van der Waals surface area contributed by atoms with Gasteiger partial charge in [-0.1, -0.05) is 41.5 Å². The van der Waals surface area contributed by atoms with E-state index in [2.05, 4.69) is 79.9 Å². The van der Waals surface area contributed by atoms with Crippen LogP contribution in [0.3, 0.4) is 0 Å². The van der Waals surface area contributed by atoms with E-state index in [1.165, 1.54) is 0 Å². The number of rotatable bonds is 2. The van der Waals surface area contributed by atoms with Gasteiger partial charge >= 0.3 is 6.03 Å². The SMILES string of the molecule is CC(C)(C)C(C)(C)NC(=O)NC(C)(C)C(C)(C)C. The maximum Gasteiger partial charge on any atom is 0.315 e. The fourth-order valence-corrected chi connectivity index (χ4v) is 0.974. The maximum absolute atomic E-state index is 12.1. The van der Waals surface area contributed by atoms with Crippen LogP contribution in [0.1, 0.15) is 69.2 Å². The molecule has 0 atom stereocenters. The molecular formula is C15H32N2O. The molecule has 0 radical (unpaired) electrons. The lowest BCUT2D eigenvalue weighted by molar-refractivity contribution is 0.145. The minimum atomic E-state index is -0.259. The second-order valence-electron chi connectivity index (χ2n) is 8.33. The molecule has 0 rings (SSSR count). The molecule has 0 aromatic rings. The molecule has 18 heavy (non-hydrogen) atoms. The Hall–Kier alpha value is -0.730. The molecule has 0 aromatic carbocycles. The van der Waals surface area contributed by atoms with Crippen LogP contribution in [0, 0.1) is 10.8 Å². The molecule has 0 aliphatic rings. The summed E-state index contributed by atoms with van der Waals surface area (Å²) in [4.78, 5) is 12.1. The quantitative estimate of drug-likeness (QED) is 0.772. The van der Waals surface area contributed by atoms with Crippen molar-refractivity contribution in [2.45, 2.75) is 80.3 Å². The van der Waals surface area contributed by atoms with Gasteiger partial charge in [-0.3, -0.25) is 0 Å². The van der Waals surface area contributed by atoms with Crippen LogP contribution in [0.15, 0.2) is 0 Å². The summed E-state index contributed by atoms with van der Waals surface area (Å²) in [5.41, 5.74) is -0.497. The number of carbonyl (C=O) groups is 1. The Morgan fingerprint density at radius 3 is 1.00 bits per heavy atom. The first-order chi connectivity index (χ1) is 7.60. The van der Waals surface area contributed by atoms with E-state index in [0.29, 0.717) is 0 Å². The molecule has 0 spiro atoms. The first-order valence-corrected chi connectivity index (χ1v) is 6.70. The zero-order chi connectivity index (χ0) is 15.0. The summed E-state index contributed by atoms with van der Waals surface area (Å²) in [7, 11) is 0. The topological polar surface area (TPSA) is 41.1 Å². The number of hydrogen-bond acceptors (Lipinski definition) is 1. The lowest BCUT2D eigenvalue weighted by atomic mass is 9.75. The molecule has 0 bridgehead atoms. The Balaban J connectivity index is 4.75. The summed E-state index contributed by atoms with van der Waals surface area (Å²) >= 11 is 0. The summed E-state index contributed by atoms with van der Waals surface area (Å²) < 4.78 is 0. The normalized spacial score (nSPS) is 14.3. The van der Waals surface area contributed by atoms with Gasteiger partial charge in [0.25, 0.3) is 0 Å². The molecule has 0 aromatic heterocycles. The van der Waals surface area contributed by atoms with Gasteiger partial charge < -0.3 is 10.6 Å². The first-order valence-electron chi connectivity index (χ1n) is 6.70. The number of urea groups is 1. The van der Waals surface area contributed by atoms with Crippen molar-refractivity contribution < 1.29 is 4.79 Å². The molecule has 0 saturated heterocycles. The van der Waals surface area contributed by atoms with Crippen LogP contribution in [-0.4, -0.2) is 17.1 Å². The highest BCUT2D eigenvalue weighted by Crippen LogP contribution is 2.31. The van der Waals surface area contributed by atoms with Crippen LogP contribution in [0.2, 0.25) is 0 Å². The van der Waals surface area contributed by atoms with Crippen molar-refractivity contribution in [2.24, 2.45) is 10.8 Å². The lowest BCUT2D eigenvalue weighted by Crippen LogP contribution is -2.61. The average molecular weight is 256 g/mol. The molecule has 0 aliphatic heterocycles. The van der Waals surface area contributed by atoms with Crippen molar-refractivity contribution >= 4 is 6.03 Å². The molecule has 0 fully saturated rings. The van der Waals surface area contributed by atoms with Gasteiger partial charge in [-0.05, 0) is 38.5 Å². The zero-order valence-corrected chi connectivity index (χ0v) is 13.9. The first kappa shape index (κ1) is 17.3. The molecule has 2 amide bonds. The van der Waals surface area contributed by atoms with E-state index in [0.717, 1.165) is 0 Å². The summed E-state index contributed by atoms with van der Waals surface area (Å²) in [6.07, 6.45) is 0. The lowest BCUT2D eigenvalue weighted by Gasteiger charge is -2.43. The molecule has 3 nitrogen and oxygen atoms in total. The molecular weight excluding hydrogens is 224 g/mol. The predicted octanol–water partition coefficient (Wildman–Crippen LogP) is 3.94. The van der Waals surface area contributed by atoms with Crippen LogP contribution in [-0.2, 0) is 0 Å². The standard InChI is InChI=1S/C15H32N2O/c1-12(2,3)14(7,8)16-11(18)17-15(9,10)13(4,5)6/h1-10H3,(H2,16,17,18). The third-order valence-corrected chi connectivity index (χ3v) is 4.60. The van der Waals surface area contributed by atoms with E-state index in [1.807, 2.05) is 0 Å². The van der Waals surface area contributed by atoms with Gasteiger partial charge in [0, 0.05) is 11.1 Å². The summed E-state index contributed by atoms with van der Waals surface area (Å²) in [5.74, 6) is 0. The second kappa shape index (κ2) is 4.75. The number of hydrogen-bond donors (Lipinski definition) is 2. The Morgan fingerprint density at radius 1 is 0.611 bits per heavy atom. The predicted molar refractivity (Wildman–Crippen MR) is 78.7 cm³/mol. The Kier molecular flexibility index (Phi) is 4.55. The van der Waals surface area contributed by atoms with Crippen LogP contribution >= 0.6 is 0 Å². The number of nitrogens with one attached hydrogen (secondary N) is 2. The fourth-order valence-electron chi connectivity index (χ4n) is 0.974. The molecule has 0 unspecified atom stereocenters. The highest BCUT2D eigenvalue weighted by Gasteiger charge is 2.38. The van der Waals surface area contributed by atoms with Gasteiger partial charge in [0.05, 0.1) is 0 Å². The van der Waals surface area contributed by atoms with E-state index in [-0.39, 0.29) is 27.9 Å². The highest BCUT2D eigenvalue weighted by molar-refractivity contribution is 5.75. The van der Waals surface area contributed by atoms with Gasteiger partial charge in [0.1, 0.15) is 0 Å². The number of carbonyl (C=O) groups excluding carboxylic acids is 1. The largest absolute Gasteiger partial charge is 0.333 e.